The molecule has 0 saturated carbocycles. The van der Waals surface area contributed by atoms with Gasteiger partial charge in [-0.15, -0.1) is 4.72 Å². The number of carbonyl (C=O) groups excluding carboxylic acids is 4. The number of amides is 4. The van der Waals surface area contributed by atoms with E-state index in [0.717, 1.165) is 10.5 Å². The molecule has 0 radical (unpaired) electrons. The second-order valence-corrected chi connectivity index (χ2v) is 12.3. The summed E-state index contributed by atoms with van der Waals surface area (Å²) < 4.78 is 35.0. The van der Waals surface area contributed by atoms with Crippen LogP contribution in [0.5, 0.6) is 0 Å². The van der Waals surface area contributed by atoms with Crippen molar-refractivity contribution in [2.75, 3.05) is 13.2 Å². The Morgan fingerprint density at radius 2 is 1.97 bits per heavy atom. The number of carbonyl (C=O) groups is 4. The highest BCUT2D eigenvalue weighted by molar-refractivity contribution is 7.90. The molecule has 2 N–H and O–H groups in total. The van der Waals surface area contributed by atoms with Crippen LogP contribution in [0.4, 0.5) is 9.18 Å². The maximum atomic E-state index is 14.2. The molecule has 4 amide bonds. The van der Waals surface area contributed by atoms with Crippen molar-refractivity contribution >= 4 is 35.0 Å². The van der Waals surface area contributed by atoms with Gasteiger partial charge in [0.15, 0.2) is 11.7 Å². The Morgan fingerprint density at radius 1 is 1.29 bits per heavy atom. The van der Waals surface area contributed by atoms with Crippen LogP contribution < -0.4 is 10.0 Å². The molecule has 4 rings (SSSR count). The number of Topliss-reactive ketones (excluding diaryl/α,β-unsaturated/α-hetero) is 1. The van der Waals surface area contributed by atoms with Gasteiger partial charge in [-0.25, -0.2) is 9.18 Å². The van der Waals surface area contributed by atoms with E-state index < -0.39 is 63.1 Å². The number of aryl methyl sites for hydroxylation is 1. The Labute approximate surface area is 206 Å². The topological polar surface area (TPSA) is 128 Å². The number of nitrogens with zero attached hydrogens (tertiary/aromatic N) is 1. The van der Waals surface area contributed by atoms with Crippen molar-refractivity contribution in [2.24, 2.45) is 5.92 Å². The molecule has 1 aromatic rings. The van der Waals surface area contributed by atoms with Gasteiger partial charge in [0.25, 0.3) is 5.91 Å². The average Bonchev–Trinajstić information content (AvgIpc) is 3.10. The van der Waals surface area contributed by atoms with Crippen LogP contribution in [0.25, 0.3) is 0 Å². The number of rotatable bonds is 6. The molecule has 3 aliphatic rings. The summed E-state index contributed by atoms with van der Waals surface area (Å²) in [6, 6.07) is 2.95. The number of urea groups is 1. The highest BCUT2D eigenvalue weighted by Crippen LogP contribution is 2.42. The molecule has 2 heterocycles. The van der Waals surface area contributed by atoms with Crippen LogP contribution in [0.3, 0.4) is 0 Å². The summed E-state index contributed by atoms with van der Waals surface area (Å²) in [6.07, 6.45) is 1.32. The molecule has 1 unspecified atom stereocenters. The van der Waals surface area contributed by atoms with E-state index in [1.165, 1.54) is 12.1 Å². The number of halogens is 1. The molecule has 3 atom stereocenters. The van der Waals surface area contributed by atoms with Gasteiger partial charge in [-0.05, 0) is 69.7 Å². The van der Waals surface area contributed by atoms with Crippen molar-refractivity contribution in [3.63, 3.8) is 0 Å². The molecule has 0 spiro atoms. The van der Waals surface area contributed by atoms with Gasteiger partial charge in [0.2, 0.25) is 5.91 Å². The highest BCUT2D eigenvalue weighted by Gasteiger charge is 2.52. The fraction of sp³-hybridized carbons (Fsp3) is 0.583. The lowest BCUT2D eigenvalue weighted by Gasteiger charge is -2.38. The third-order valence-electron chi connectivity index (χ3n) is 6.80. The van der Waals surface area contributed by atoms with Gasteiger partial charge in [-0.3, -0.25) is 24.6 Å². The zero-order valence-electron chi connectivity index (χ0n) is 20.0. The minimum absolute atomic E-state index is 0.338. The van der Waals surface area contributed by atoms with E-state index in [1.54, 1.807) is 26.8 Å². The Balaban J connectivity index is 1.65. The summed E-state index contributed by atoms with van der Waals surface area (Å²) in [7, 11) is 0. The minimum Gasteiger partial charge on any atom is -0.598 e. The van der Waals surface area contributed by atoms with Gasteiger partial charge in [0, 0.05) is 37.0 Å². The van der Waals surface area contributed by atoms with E-state index in [1.807, 2.05) is 0 Å². The van der Waals surface area contributed by atoms with Crippen molar-refractivity contribution in [2.45, 2.75) is 69.2 Å². The van der Waals surface area contributed by atoms with Crippen LogP contribution in [0.1, 0.15) is 57.6 Å². The molecule has 1 aliphatic carbocycles. The van der Waals surface area contributed by atoms with Gasteiger partial charge in [-0.1, -0.05) is 6.07 Å². The minimum atomic E-state index is -1.71. The predicted octanol–water partition coefficient (Wildman–Crippen LogP) is 1.85. The van der Waals surface area contributed by atoms with Crippen LogP contribution >= 0.6 is 0 Å². The van der Waals surface area contributed by atoms with Crippen LogP contribution in [0, 0.1) is 11.7 Å². The first kappa shape index (κ1) is 25.7. The number of barbiturate groups is 1. The largest absolute Gasteiger partial charge is 0.598 e. The fourth-order valence-electron chi connectivity index (χ4n) is 4.91. The quantitative estimate of drug-likeness (QED) is 0.444. The third-order valence-corrected chi connectivity index (χ3v) is 8.49. The zero-order chi connectivity index (χ0) is 25.5. The van der Waals surface area contributed by atoms with Crippen molar-refractivity contribution in [1.82, 2.24) is 14.9 Å². The predicted molar refractivity (Wildman–Crippen MR) is 125 cm³/mol. The lowest BCUT2D eigenvalue weighted by Crippen LogP contribution is -2.63. The summed E-state index contributed by atoms with van der Waals surface area (Å²) in [5.74, 6) is -4.77. The van der Waals surface area contributed by atoms with E-state index in [-0.39, 0.29) is 6.42 Å². The average molecular weight is 508 g/mol. The van der Waals surface area contributed by atoms with Gasteiger partial charge in [0.1, 0.15) is 10.6 Å². The number of hydrogen-bond donors (Lipinski definition) is 2. The molecule has 11 heteroatoms. The molecule has 9 nitrogen and oxygen atoms in total. The van der Waals surface area contributed by atoms with Gasteiger partial charge in [0.05, 0.1) is 5.54 Å². The molecule has 0 aromatic heterocycles. The van der Waals surface area contributed by atoms with E-state index >= 15 is 0 Å². The monoisotopic (exact) mass is 507 g/mol. The van der Waals surface area contributed by atoms with E-state index in [9.17, 15) is 28.1 Å². The fourth-order valence-corrected chi connectivity index (χ4v) is 5.86. The first-order chi connectivity index (χ1) is 16.4. The molecule has 35 heavy (non-hydrogen) atoms. The van der Waals surface area contributed by atoms with Crippen LogP contribution in [-0.2, 0) is 42.4 Å². The Kier molecular flexibility index (Phi) is 7.07. The molecule has 1 aromatic carbocycles. The summed E-state index contributed by atoms with van der Waals surface area (Å²) in [4.78, 5) is 53.0. The number of ketones is 1. The summed E-state index contributed by atoms with van der Waals surface area (Å²) in [5, 5.41) is 2.14. The normalized spacial score (nSPS) is 26.5. The second kappa shape index (κ2) is 9.61. The number of hydrogen-bond acceptors (Lipinski definition) is 7. The van der Waals surface area contributed by atoms with E-state index in [4.69, 9.17) is 4.74 Å². The van der Waals surface area contributed by atoms with Gasteiger partial charge < -0.3 is 9.29 Å². The molecule has 0 bridgehead atoms. The molecule has 2 aliphatic heterocycles. The van der Waals surface area contributed by atoms with Gasteiger partial charge in [-0.2, -0.15) is 0 Å². The lowest BCUT2D eigenvalue weighted by molar-refractivity contribution is -0.150. The van der Waals surface area contributed by atoms with Crippen LogP contribution in [0.2, 0.25) is 0 Å². The Hall–Kier alpha value is -2.34. The molecule has 2 saturated heterocycles. The maximum Gasteiger partial charge on any atom is 0.331 e. The Bertz CT molecular complexity index is 1050. The summed E-state index contributed by atoms with van der Waals surface area (Å²) >= 11 is -1.62. The first-order valence-corrected chi connectivity index (χ1v) is 12.8. The SMILES string of the molecule is CC(C)(C)[S@@+]([O-])N[C@]1(CC(=O)C2C(=O)NC(=O)N(C3CCOCC3)C2=O)CCc2ccc(F)cc21. The number of imide groups is 2. The van der Waals surface area contributed by atoms with Crippen LogP contribution in [0.15, 0.2) is 18.2 Å². The molecule has 2 fully saturated rings. The first-order valence-electron chi connectivity index (χ1n) is 11.7. The zero-order valence-corrected chi connectivity index (χ0v) is 20.8. The van der Waals surface area contributed by atoms with Crippen molar-refractivity contribution in [3.8, 4) is 0 Å². The summed E-state index contributed by atoms with van der Waals surface area (Å²) in [5.41, 5.74) is 0.0681. The number of ether oxygens (including phenoxy) is 1. The van der Waals surface area contributed by atoms with Crippen molar-refractivity contribution in [3.05, 3.63) is 35.1 Å². The lowest BCUT2D eigenvalue weighted by atomic mass is 9.83. The Morgan fingerprint density at radius 3 is 2.63 bits per heavy atom. The number of benzene rings is 1. The molecule has 190 valence electrons. The summed E-state index contributed by atoms with van der Waals surface area (Å²) in [6.45, 7) is 6.03. The molecular weight excluding hydrogens is 477 g/mol. The standard InChI is InChI=1S/C24H30FN3O6S/c1-23(2,3)35(33)27-24(9-6-14-4-5-15(25)12-17(14)24)13-18(29)19-20(30)26-22(32)28(21(19)31)16-7-10-34-11-8-16/h4-5,12,16,19,27H,6-11,13H2,1-3H3,(H,26,30,32)/t19?,24-,35+/m0/s1. The van der Waals surface area contributed by atoms with E-state index in [2.05, 4.69) is 10.0 Å². The number of nitrogens with one attached hydrogen (secondary N) is 2. The van der Waals surface area contributed by atoms with Gasteiger partial charge >= 0.3 is 6.03 Å². The number of fused-ring (bicyclic) bond motifs is 1. The molecular formula is C24H30FN3O6S. The van der Waals surface area contributed by atoms with Crippen molar-refractivity contribution < 1.29 is 32.9 Å². The van der Waals surface area contributed by atoms with E-state index in [0.29, 0.717) is 44.5 Å². The maximum absolute atomic E-state index is 14.2. The smallest absolute Gasteiger partial charge is 0.331 e. The van der Waals surface area contributed by atoms with Crippen LogP contribution in [-0.4, -0.2) is 57.1 Å². The second-order valence-electron chi connectivity index (χ2n) is 10.3. The third kappa shape index (κ3) is 5.00. The van der Waals surface area contributed by atoms with Crippen molar-refractivity contribution in [1.29, 1.82) is 0 Å². The highest BCUT2D eigenvalue weighted by atomic mass is 32.2.